The van der Waals surface area contributed by atoms with Gasteiger partial charge in [-0.05, 0) is 43.2 Å². The molecule has 0 spiro atoms. The van der Waals surface area contributed by atoms with Crippen LogP contribution in [0.15, 0.2) is 58.8 Å². The molecule has 0 aromatic heterocycles. The zero-order valence-corrected chi connectivity index (χ0v) is 17.1. The van der Waals surface area contributed by atoms with E-state index < -0.39 is 22.9 Å². The number of hydrogen-bond donors (Lipinski definition) is 1. The molecule has 1 aromatic carbocycles. The average molecular weight is 417 g/mol. The Hall–Kier alpha value is -2.39. The van der Waals surface area contributed by atoms with Crippen molar-refractivity contribution in [1.29, 1.82) is 5.26 Å². The van der Waals surface area contributed by atoms with Gasteiger partial charge in [-0.25, -0.2) is 4.39 Å². The highest BCUT2D eigenvalue weighted by molar-refractivity contribution is 5.49. The maximum absolute atomic E-state index is 13.4. The molecule has 2 N–H and O–H groups in total. The van der Waals surface area contributed by atoms with Crippen LogP contribution in [0.2, 0.25) is 0 Å². The third kappa shape index (κ3) is 3.50. The summed E-state index contributed by atoms with van der Waals surface area (Å²) in [4.78, 5) is 0. The van der Waals surface area contributed by atoms with Crippen LogP contribution in [0.25, 0.3) is 0 Å². The normalized spacial score (nSPS) is 31.3. The molecule has 3 atom stereocenters. The molecule has 0 bridgehead atoms. The molecular weight excluding hydrogens is 392 g/mol. The van der Waals surface area contributed by atoms with Gasteiger partial charge in [0.2, 0.25) is 0 Å². The fraction of sp³-hybridized carbons (Fsp3) is 0.458. The lowest BCUT2D eigenvalue weighted by atomic mass is 9.51. The lowest BCUT2D eigenvalue weighted by molar-refractivity contribution is -0.513. The van der Waals surface area contributed by atoms with Crippen LogP contribution in [-0.2, 0) is 0 Å². The minimum Gasteiger partial charge on any atom is -0.281 e. The predicted molar refractivity (Wildman–Crippen MR) is 106 cm³/mol. The summed E-state index contributed by atoms with van der Waals surface area (Å²) in [5.41, 5.74) is 3.55. The van der Waals surface area contributed by atoms with Gasteiger partial charge < -0.3 is 0 Å². The molecule has 0 heterocycles. The fourth-order valence-corrected chi connectivity index (χ4v) is 5.62. The highest BCUT2D eigenvalue weighted by atomic mass is 19.4. The van der Waals surface area contributed by atoms with Gasteiger partial charge in [0.1, 0.15) is 23.3 Å². The van der Waals surface area contributed by atoms with Crippen LogP contribution in [0.5, 0.6) is 0 Å². The van der Waals surface area contributed by atoms with Gasteiger partial charge in [0, 0.05) is 30.0 Å². The highest BCUT2D eigenvalue weighted by Gasteiger charge is 2.54. The lowest BCUT2D eigenvalue weighted by Crippen LogP contribution is -2.76. The fourth-order valence-electron chi connectivity index (χ4n) is 5.62. The second kappa shape index (κ2) is 7.09. The summed E-state index contributed by atoms with van der Waals surface area (Å²) in [6.07, 6.45) is 1.67. The smallest absolute Gasteiger partial charge is 0.281 e. The quantitative estimate of drug-likeness (QED) is 0.367. The first kappa shape index (κ1) is 20.9. The number of quaternary nitrogens is 1. The van der Waals surface area contributed by atoms with Crippen LogP contribution in [0, 0.1) is 33.9 Å². The molecule has 4 rings (SSSR count). The number of nitrogens with two attached hydrogens (primary N) is 1. The number of nitriles is 1. The van der Waals surface area contributed by atoms with Crippen molar-refractivity contribution >= 4 is 5.69 Å². The lowest BCUT2D eigenvalue weighted by Gasteiger charge is -2.53. The molecule has 3 aliphatic rings. The molecule has 158 valence electrons. The summed E-state index contributed by atoms with van der Waals surface area (Å²) >= 11 is 0. The number of fused-ring (bicyclic) bond motifs is 3. The van der Waals surface area contributed by atoms with Gasteiger partial charge in [-0.15, -0.1) is 0 Å². The van der Waals surface area contributed by atoms with Crippen LogP contribution in [0.1, 0.15) is 46.0 Å². The molecule has 1 fully saturated rings. The second-order valence-corrected chi connectivity index (χ2v) is 9.28. The van der Waals surface area contributed by atoms with Crippen molar-refractivity contribution in [2.75, 3.05) is 0 Å². The van der Waals surface area contributed by atoms with Crippen LogP contribution in [0.4, 0.5) is 23.2 Å². The Morgan fingerprint density at radius 1 is 1.17 bits per heavy atom. The van der Waals surface area contributed by atoms with Gasteiger partial charge in [0.05, 0.1) is 11.5 Å². The Kier molecular flexibility index (Phi) is 4.93. The largest absolute Gasteiger partial charge is 0.392 e. The van der Waals surface area contributed by atoms with E-state index in [-0.39, 0.29) is 18.7 Å². The van der Waals surface area contributed by atoms with E-state index in [1.54, 1.807) is 18.2 Å². The Bertz CT molecular complexity index is 994. The highest BCUT2D eigenvalue weighted by Crippen LogP contribution is 2.62. The first-order chi connectivity index (χ1) is 14.0. The summed E-state index contributed by atoms with van der Waals surface area (Å²) in [5, 5.41) is 11.7. The standard InChI is InChI=1S/C24H24F4N2/c1-22-10-9-16-11-20(30-19-6-4-18(25)5-7-19)15(14-29)12-23(16,2)21(22)8-3-17(13-22)24(26,27)28/h4-8,11,17,30H,3,9-10,12-13H2,1-2H3/p+1/t17-,22-,23+/m1/s1. The van der Waals surface area contributed by atoms with Crippen LogP contribution < -0.4 is 5.32 Å². The molecule has 30 heavy (non-hydrogen) atoms. The van der Waals surface area contributed by atoms with E-state index in [4.69, 9.17) is 0 Å². The third-order valence-electron chi connectivity index (χ3n) is 7.20. The van der Waals surface area contributed by atoms with Crippen LogP contribution >= 0.6 is 0 Å². The molecule has 2 nitrogen and oxygen atoms in total. The number of halogens is 4. The molecule has 0 saturated heterocycles. The molecule has 0 radical (unpaired) electrons. The maximum Gasteiger partial charge on any atom is 0.392 e. The van der Waals surface area contributed by atoms with Crippen molar-refractivity contribution < 1.29 is 22.9 Å². The van der Waals surface area contributed by atoms with Crippen LogP contribution in [-0.4, -0.2) is 6.18 Å². The molecule has 1 aromatic rings. The van der Waals surface area contributed by atoms with E-state index >= 15 is 0 Å². The number of allylic oxidation sites excluding steroid dienone is 5. The van der Waals surface area contributed by atoms with Crippen molar-refractivity contribution in [3.8, 4) is 6.07 Å². The Morgan fingerprint density at radius 3 is 2.50 bits per heavy atom. The summed E-state index contributed by atoms with van der Waals surface area (Å²) in [6, 6.07) is 8.41. The van der Waals surface area contributed by atoms with Gasteiger partial charge in [-0.2, -0.15) is 18.4 Å². The van der Waals surface area contributed by atoms with E-state index in [2.05, 4.69) is 13.0 Å². The number of alkyl halides is 3. The molecule has 1 saturated carbocycles. The van der Waals surface area contributed by atoms with Gasteiger partial charge in [-0.3, -0.25) is 5.32 Å². The third-order valence-corrected chi connectivity index (χ3v) is 7.20. The summed E-state index contributed by atoms with van der Waals surface area (Å²) < 4.78 is 53.3. The average Bonchev–Trinajstić information content (AvgIpc) is 2.68. The number of hydrogen-bond acceptors (Lipinski definition) is 1. The SMILES string of the molecule is C[C@]12CCC3=CC([NH2+]c4ccc(F)cc4)=C(C#N)C[C@]3(C)C1=CC[C@@H](C(F)(F)F)C2. The van der Waals surface area contributed by atoms with Crippen molar-refractivity contribution in [2.24, 2.45) is 16.7 Å². The van der Waals surface area contributed by atoms with Gasteiger partial charge in [0.25, 0.3) is 0 Å². The Labute approximate surface area is 174 Å². The summed E-state index contributed by atoms with van der Waals surface area (Å²) in [7, 11) is 0. The summed E-state index contributed by atoms with van der Waals surface area (Å²) in [6.45, 7) is 4.02. The number of benzene rings is 1. The van der Waals surface area contributed by atoms with Crippen molar-refractivity contribution in [1.82, 2.24) is 0 Å². The number of nitrogens with zero attached hydrogens (tertiary/aromatic N) is 1. The molecule has 6 heteroatoms. The molecular formula is C24H25F4N2+. The van der Waals surface area contributed by atoms with Crippen molar-refractivity contribution in [2.45, 2.75) is 52.1 Å². The first-order valence-electron chi connectivity index (χ1n) is 10.3. The molecule has 0 amide bonds. The molecule has 0 aliphatic heterocycles. The van der Waals surface area contributed by atoms with Crippen molar-refractivity contribution in [3.05, 3.63) is 64.7 Å². The molecule has 0 unspecified atom stereocenters. The second-order valence-electron chi connectivity index (χ2n) is 9.28. The maximum atomic E-state index is 13.4. The minimum absolute atomic E-state index is 0.0114. The van der Waals surface area contributed by atoms with Gasteiger partial charge in [0.15, 0.2) is 0 Å². The monoisotopic (exact) mass is 417 g/mol. The van der Waals surface area contributed by atoms with E-state index in [1.165, 1.54) is 17.7 Å². The minimum atomic E-state index is -4.18. The first-order valence-corrected chi connectivity index (χ1v) is 10.3. The van der Waals surface area contributed by atoms with E-state index in [9.17, 15) is 22.8 Å². The van der Waals surface area contributed by atoms with Gasteiger partial charge >= 0.3 is 6.18 Å². The van der Waals surface area contributed by atoms with E-state index in [0.29, 0.717) is 24.8 Å². The van der Waals surface area contributed by atoms with Gasteiger partial charge in [-0.1, -0.05) is 31.1 Å². The van der Waals surface area contributed by atoms with Crippen molar-refractivity contribution in [3.63, 3.8) is 0 Å². The van der Waals surface area contributed by atoms with Crippen LogP contribution in [0.3, 0.4) is 0 Å². The zero-order valence-electron chi connectivity index (χ0n) is 17.1. The predicted octanol–water partition coefficient (Wildman–Crippen LogP) is 5.83. The molecule has 3 aliphatic carbocycles. The Morgan fingerprint density at radius 2 is 1.87 bits per heavy atom. The topological polar surface area (TPSA) is 40.4 Å². The Balaban J connectivity index is 1.68. The summed E-state index contributed by atoms with van der Waals surface area (Å²) in [5.74, 6) is -1.61. The number of rotatable bonds is 2. The van der Waals surface area contributed by atoms with E-state index in [0.717, 1.165) is 17.0 Å². The zero-order chi connectivity index (χ0) is 21.7. The van der Waals surface area contributed by atoms with E-state index in [1.807, 2.05) is 18.3 Å².